The molecule has 4 heteroatoms. The van der Waals surface area contributed by atoms with Gasteiger partial charge in [-0.2, -0.15) is 0 Å². The van der Waals surface area contributed by atoms with Crippen molar-refractivity contribution in [3.8, 4) is 0 Å². The Balaban J connectivity index is 1.69. The zero-order valence-electron chi connectivity index (χ0n) is 12.9. The SMILES string of the molecule is Brc1ccc(B2Nc3cccc4cccc(c34)N2)c2ccccc12. The van der Waals surface area contributed by atoms with Gasteiger partial charge in [-0.1, -0.05) is 70.5 Å². The van der Waals surface area contributed by atoms with Crippen molar-refractivity contribution < 1.29 is 0 Å². The largest absolute Gasteiger partial charge is 0.406 e. The molecule has 0 amide bonds. The molecule has 1 aliphatic rings. The molecule has 0 aromatic heterocycles. The van der Waals surface area contributed by atoms with E-state index < -0.39 is 0 Å². The second-order valence-electron chi connectivity index (χ2n) is 6.11. The van der Waals surface area contributed by atoms with E-state index in [0.717, 1.165) is 4.47 Å². The minimum absolute atomic E-state index is 0.0449. The highest BCUT2D eigenvalue weighted by Gasteiger charge is 2.26. The second-order valence-corrected chi connectivity index (χ2v) is 6.97. The fourth-order valence-electron chi connectivity index (χ4n) is 3.62. The van der Waals surface area contributed by atoms with Crippen LogP contribution in [0.3, 0.4) is 0 Å². The Labute approximate surface area is 149 Å². The average Bonchev–Trinajstić information content (AvgIpc) is 2.63. The van der Waals surface area contributed by atoms with Crippen LogP contribution in [0.4, 0.5) is 11.4 Å². The standard InChI is InChI=1S/C20H14BBrN2/c22-17-12-11-16(14-7-1-2-8-15(14)17)21-23-18-9-3-5-13-6-4-10-19(24-21)20(13)18/h1-12,23-24H. The molecule has 4 aromatic rings. The maximum absolute atomic E-state index is 3.66. The van der Waals surface area contributed by atoms with Crippen molar-refractivity contribution in [3.63, 3.8) is 0 Å². The number of rotatable bonds is 1. The fraction of sp³-hybridized carbons (Fsp3) is 0. The molecule has 2 nitrogen and oxygen atoms in total. The number of fused-ring (bicyclic) bond motifs is 1. The number of anilines is 2. The van der Waals surface area contributed by atoms with Crippen molar-refractivity contribution in [1.29, 1.82) is 0 Å². The van der Waals surface area contributed by atoms with Crippen LogP contribution in [-0.2, 0) is 0 Å². The third-order valence-corrected chi connectivity index (χ3v) is 5.41. The second kappa shape index (κ2) is 5.28. The minimum Gasteiger partial charge on any atom is -0.405 e. The summed E-state index contributed by atoms with van der Waals surface area (Å²) in [5, 5.41) is 12.3. The maximum atomic E-state index is 3.66. The van der Waals surface area contributed by atoms with E-state index in [1.807, 2.05) is 0 Å². The number of hydrogen-bond donors (Lipinski definition) is 2. The summed E-state index contributed by atoms with van der Waals surface area (Å²) in [5.74, 6) is 0. The van der Waals surface area contributed by atoms with Gasteiger partial charge in [0, 0.05) is 21.2 Å². The highest BCUT2D eigenvalue weighted by Crippen LogP contribution is 2.34. The van der Waals surface area contributed by atoms with Crippen LogP contribution < -0.4 is 15.9 Å². The first-order valence-corrected chi connectivity index (χ1v) is 8.82. The summed E-state index contributed by atoms with van der Waals surface area (Å²) in [6.07, 6.45) is 0. The normalized spacial score (nSPS) is 13.0. The Hall–Kier alpha value is -2.46. The molecule has 1 heterocycles. The van der Waals surface area contributed by atoms with Gasteiger partial charge < -0.3 is 10.5 Å². The van der Waals surface area contributed by atoms with Crippen molar-refractivity contribution >= 4 is 61.3 Å². The van der Waals surface area contributed by atoms with Gasteiger partial charge >= 0.3 is 6.98 Å². The van der Waals surface area contributed by atoms with Gasteiger partial charge in [-0.3, -0.25) is 0 Å². The van der Waals surface area contributed by atoms with Crippen molar-refractivity contribution in [1.82, 2.24) is 0 Å². The minimum atomic E-state index is 0.0449. The summed E-state index contributed by atoms with van der Waals surface area (Å²) >= 11 is 3.66. The maximum Gasteiger partial charge on any atom is 0.406 e. The van der Waals surface area contributed by atoms with Crippen LogP contribution in [0, 0.1) is 0 Å². The highest BCUT2D eigenvalue weighted by molar-refractivity contribution is 9.10. The van der Waals surface area contributed by atoms with E-state index >= 15 is 0 Å². The Kier molecular flexibility index (Phi) is 3.07. The summed E-state index contributed by atoms with van der Waals surface area (Å²) in [5.41, 5.74) is 3.61. The van der Waals surface area contributed by atoms with Crippen molar-refractivity contribution in [2.24, 2.45) is 0 Å². The van der Waals surface area contributed by atoms with Crippen molar-refractivity contribution in [3.05, 3.63) is 77.3 Å². The van der Waals surface area contributed by atoms with Gasteiger partial charge in [-0.15, -0.1) is 0 Å². The van der Waals surface area contributed by atoms with E-state index in [1.165, 1.54) is 38.4 Å². The zero-order valence-corrected chi connectivity index (χ0v) is 14.5. The van der Waals surface area contributed by atoms with E-state index in [2.05, 4.69) is 99.2 Å². The number of hydrogen-bond acceptors (Lipinski definition) is 2. The van der Waals surface area contributed by atoms with Gasteiger partial charge in [-0.05, 0) is 39.8 Å². The third-order valence-electron chi connectivity index (χ3n) is 4.72. The fourth-order valence-corrected chi connectivity index (χ4v) is 4.10. The van der Waals surface area contributed by atoms with Crippen LogP contribution in [-0.4, -0.2) is 6.98 Å². The number of halogens is 1. The van der Waals surface area contributed by atoms with E-state index in [-0.39, 0.29) is 6.98 Å². The Morgan fingerprint density at radius 1 is 0.667 bits per heavy atom. The summed E-state index contributed by atoms with van der Waals surface area (Å²) in [4.78, 5) is 0. The highest BCUT2D eigenvalue weighted by atomic mass is 79.9. The molecular formula is C20H14BBrN2. The van der Waals surface area contributed by atoms with Crippen molar-refractivity contribution in [2.45, 2.75) is 0 Å². The monoisotopic (exact) mass is 372 g/mol. The summed E-state index contributed by atoms with van der Waals surface area (Å²) < 4.78 is 1.13. The molecule has 0 radical (unpaired) electrons. The van der Waals surface area contributed by atoms with E-state index in [0.29, 0.717) is 0 Å². The van der Waals surface area contributed by atoms with E-state index in [4.69, 9.17) is 0 Å². The quantitative estimate of drug-likeness (QED) is 0.460. The van der Waals surface area contributed by atoms with E-state index in [9.17, 15) is 0 Å². The molecule has 0 spiro atoms. The molecule has 2 N–H and O–H groups in total. The molecule has 0 unspecified atom stereocenters. The van der Waals surface area contributed by atoms with Crippen LogP contribution in [0.2, 0.25) is 0 Å². The summed E-state index contributed by atoms with van der Waals surface area (Å²) in [6.45, 7) is 0.0449. The van der Waals surface area contributed by atoms with Gasteiger partial charge in [0.1, 0.15) is 0 Å². The molecule has 114 valence electrons. The molecule has 0 fully saturated rings. The molecule has 4 aromatic carbocycles. The van der Waals surface area contributed by atoms with Gasteiger partial charge in [0.2, 0.25) is 0 Å². The third kappa shape index (κ3) is 2.03. The molecule has 0 aliphatic carbocycles. The lowest BCUT2D eigenvalue weighted by Crippen LogP contribution is -2.48. The molecule has 0 atom stereocenters. The molecule has 5 rings (SSSR count). The van der Waals surface area contributed by atoms with Gasteiger partial charge in [0.15, 0.2) is 0 Å². The first kappa shape index (κ1) is 13.9. The smallest absolute Gasteiger partial charge is 0.405 e. The molecule has 0 bridgehead atoms. The number of benzene rings is 4. The molecule has 1 aliphatic heterocycles. The Morgan fingerprint density at radius 3 is 2.04 bits per heavy atom. The van der Waals surface area contributed by atoms with Gasteiger partial charge in [-0.25, -0.2) is 0 Å². The van der Waals surface area contributed by atoms with Gasteiger partial charge in [0.25, 0.3) is 0 Å². The summed E-state index contributed by atoms with van der Waals surface area (Å²) in [6, 6.07) is 25.6. The predicted octanol–water partition coefficient (Wildman–Crippen LogP) is 4.99. The van der Waals surface area contributed by atoms with Crippen LogP contribution in [0.25, 0.3) is 21.5 Å². The lowest BCUT2D eigenvalue weighted by Gasteiger charge is -2.27. The predicted molar refractivity (Wildman–Crippen MR) is 108 cm³/mol. The lowest BCUT2D eigenvalue weighted by molar-refractivity contribution is 1.60. The van der Waals surface area contributed by atoms with E-state index in [1.54, 1.807) is 0 Å². The topological polar surface area (TPSA) is 24.1 Å². The molecule has 0 saturated heterocycles. The molecular weight excluding hydrogens is 359 g/mol. The van der Waals surface area contributed by atoms with Crippen LogP contribution in [0.15, 0.2) is 77.3 Å². The van der Waals surface area contributed by atoms with Crippen LogP contribution >= 0.6 is 15.9 Å². The van der Waals surface area contributed by atoms with Crippen molar-refractivity contribution in [2.75, 3.05) is 10.5 Å². The first-order valence-electron chi connectivity index (χ1n) is 8.03. The Morgan fingerprint density at radius 2 is 1.33 bits per heavy atom. The zero-order chi connectivity index (χ0) is 16.1. The lowest BCUT2D eigenvalue weighted by atomic mass is 9.64. The van der Waals surface area contributed by atoms with Gasteiger partial charge in [0.05, 0.1) is 0 Å². The molecule has 0 saturated carbocycles. The van der Waals surface area contributed by atoms with Crippen LogP contribution in [0.1, 0.15) is 0 Å². The average molecular weight is 373 g/mol. The number of nitrogens with one attached hydrogen (secondary N) is 2. The van der Waals surface area contributed by atoms with Crippen LogP contribution in [0.5, 0.6) is 0 Å². The first-order chi connectivity index (χ1) is 11.8. The Bertz CT molecular complexity index is 1050. The summed E-state index contributed by atoms with van der Waals surface area (Å²) in [7, 11) is 0. The molecule has 24 heavy (non-hydrogen) atoms.